The average Bonchev–Trinajstić information content (AvgIpc) is 3.53. The number of hydrogen-bond donors (Lipinski definition) is 1. The largest absolute Gasteiger partial charge is 0.344 e. The number of nitrogens with one attached hydrogen (secondary N) is 1. The summed E-state index contributed by atoms with van der Waals surface area (Å²) in [7, 11) is 0. The van der Waals surface area contributed by atoms with E-state index in [2.05, 4.69) is 47.6 Å². The van der Waals surface area contributed by atoms with E-state index in [9.17, 15) is 9.59 Å². The molecule has 0 radical (unpaired) electrons. The summed E-state index contributed by atoms with van der Waals surface area (Å²) in [4.78, 5) is 32.2. The van der Waals surface area contributed by atoms with Gasteiger partial charge in [0.25, 0.3) is 0 Å². The van der Waals surface area contributed by atoms with Gasteiger partial charge >= 0.3 is 0 Å². The number of nitrogens with zero attached hydrogens (tertiary/aromatic N) is 2. The second kappa shape index (κ2) is 10.2. The average molecular weight is 454 g/mol. The fraction of sp³-hybridized carbons (Fsp3) is 0.375. The first kappa shape index (κ1) is 21.7. The molecule has 0 aliphatic carbocycles. The molecule has 1 atom stereocenters. The fourth-order valence-corrected chi connectivity index (χ4v) is 5.43. The smallest absolute Gasteiger partial charge is 0.228 e. The van der Waals surface area contributed by atoms with Crippen molar-refractivity contribution in [3.8, 4) is 0 Å². The van der Waals surface area contributed by atoms with Gasteiger partial charge in [0.05, 0.1) is 18.2 Å². The molecular weight excluding hydrogens is 426 g/mol. The molecule has 1 aliphatic rings. The van der Waals surface area contributed by atoms with Gasteiger partial charge in [0.15, 0.2) is 5.13 Å². The number of anilines is 1. The summed E-state index contributed by atoms with van der Waals surface area (Å²) in [5.41, 5.74) is 3.11. The third kappa shape index (κ3) is 5.40. The van der Waals surface area contributed by atoms with Gasteiger partial charge in [-0.25, -0.2) is 4.98 Å². The Kier molecular flexibility index (Phi) is 7.14. The molecule has 3 aromatic rings. The number of benzene rings is 1. The maximum atomic E-state index is 12.9. The lowest BCUT2D eigenvalue weighted by Crippen LogP contribution is -2.30. The van der Waals surface area contributed by atoms with Crippen LogP contribution in [-0.4, -0.2) is 23.3 Å². The number of hydrogen-bond acceptors (Lipinski definition) is 5. The van der Waals surface area contributed by atoms with Crippen LogP contribution in [0.2, 0.25) is 0 Å². The molecule has 3 heterocycles. The van der Waals surface area contributed by atoms with Crippen LogP contribution < -0.4 is 10.2 Å². The van der Waals surface area contributed by atoms with Crippen LogP contribution in [0, 0.1) is 0 Å². The molecule has 4 rings (SSSR count). The molecule has 2 amide bonds. The molecule has 31 heavy (non-hydrogen) atoms. The van der Waals surface area contributed by atoms with E-state index in [0.717, 1.165) is 23.3 Å². The molecule has 5 nitrogen and oxygen atoms in total. The van der Waals surface area contributed by atoms with Crippen LogP contribution in [0.25, 0.3) is 0 Å². The molecule has 1 N–H and O–H groups in total. The number of thiazole rings is 1. The van der Waals surface area contributed by atoms with Gasteiger partial charge in [0.1, 0.15) is 0 Å². The van der Waals surface area contributed by atoms with E-state index in [1.807, 2.05) is 16.8 Å². The molecular formula is C24H27N3O2S2. The van der Waals surface area contributed by atoms with Crippen LogP contribution in [-0.2, 0) is 22.4 Å². The Morgan fingerprint density at radius 3 is 2.74 bits per heavy atom. The highest BCUT2D eigenvalue weighted by molar-refractivity contribution is 7.14. The van der Waals surface area contributed by atoms with Gasteiger partial charge in [-0.3, -0.25) is 14.5 Å². The first-order valence-electron chi connectivity index (χ1n) is 10.8. The molecule has 2 aromatic heterocycles. The van der Waals surface area contributed by atoms with E-state index in [1.54, 1.807) is 16.2 Å². The van der Waals surface area contributed by atoms with Crippen molar-refractivity contribution in [3.63, 3.8) is 0 Å². The zero-order valence-corrected chi connectivity index (χ0v) is 19.3. The molecule has 0 spiro atoms. The number of unbranched alkanes of at least 4 members (excludes halogenated alkanes) is 1. The van der Waals surface area contributed by atoms with Crippen LogP contribution >= 0.6 is 22.7 Å². The summed E-state index contributed by atoms with van der Waals surface area (Å²) in [6.07, 6.45) is 5.10. The zero-order valence-electron chi connectivity index (χ0n) is 17.7. The standard InChI is InChI=1S/C24H27N3O2S2/c1-2-3-6-17-9-11-18(12-10-17)23(20-7-5-14-30-20)26-21(28)15-19-16-31-24(25-19)27-13-4-8-22(27)29/h5,7,9-12,14,16,23H,2-4,6,8,13,15H2,1H3,(H,26,28). The second-order valence-corrected chi connectivity index (χ2v) is 9.62. The SMILES string of the molecule is CCCCc1ccc(C(NC(=O)Cc2csc(N3CCCC3=O)n2)c2cccs2)cc1. The Morgan fingerprint density at radius 1 is 1.23 bits per heavy atom. The summed E-state index contributed by atoms with van der Waals surface area (Å²) >= 11 is 3.07. The molecule has 1 aliphatic heterocycles. The third-order valence-electron chi connectivity index (χ3n) is 5.45. The van der Waals surface area contributed by atoms with Crippen LogP contribution in [0.1, 0.15) is 60.3 Å². The number of aryl methyl sites for hydroxylation is 1. The van der Waals surface area contributed by atoms with Gasteiger partial charge < -0.3 is 5.32 Å². The minimum atomic E-state index is -0.175. The van der Waals surface area contributed by atoms with Crippen molar-refractivity contribution < 1.29 is 9.59 Å². The van der Waals surface area contributed by atoms with E-state index < -0.39 is 0 Å². The highest BCUT2D eigenvalue weighted by Crippen LogP contribution is 2.28. The number of amides is 2. The Labute approximate surface area is 191 Å². The Bertz CT molecular complexity index is 1010. The van der Waals surface area contributed by atoms with Crippen LogP contribution in [0.4, 0.5) is 5.13 Å². The predicted octanol–water partition coefficient (Wildman–Crippen LogP) is 5.12. The van der Waals surface area contributed by atoms with Gasteiger partial charge in [-0.15, -0.1) is 22.7 Å². The van der Waals surface area contributed by atoms with Crippen molar-refractivity contribution in [3.05, 3.63) is 68.9 Å². The predicted molar refractivity (Wildman–Crippen MR) is 127 cm³/mol. The molecule has 0 saturated carbocycles. The summed E-state index contributed by atoms with van der Waals surface area (Å²) in [5, 5.41) is 7.80. The topological polar surface area (TPSA) is 62.3 Å². The monoisotopic (exact) mass is 453 g/mol. The van der Waals surface area contributed by atoms with E-state index in [4.69, 9.17) is 0 Å². The van der Waals surface area contributed by atoms with Gasteiger partial charge in [-0.2, -0.15) is 0 Å². The first-order chi connectivity index (χ1) is 15.1. The second-order valence-electron chi connectivity index (χ2n) is 7.81. The highest BCUT2D eigenvalue weighted by atomic mass is 32.1. The van der Waals surface area contributed by atoms with Crippen molar-refractivity contribution in [2.24, 2.45) is 0 Å². The number of carbonyl (C=O) groups is 2. The van der Waals surface area contributed by atoms with Crippen LogP contribution in [0.3, 0.4) is 0 Å². The summed E-state index contributed by atoms with van der Waals surface area (Å²) in [6, 6.07) is 12.5. The normalized spacial score (nSPS) is 14.7. The maximum absolute atomic E-state index is 12.9. The van der Waals surface area contributed by atoms with E-state index >= 15 is 0 Å². The Balaban J connectivity index is 1.44. The molecule has 1 unspecified atom stereocenters. The van der Waals surface area contributed by atoms with Crippen molar-refractivity contribution in [2.45, 2.75) is 51.5 Å². The van der Waals surface area contributed by atoms with Gasteiger partial charge in [-0.05, 0) is 41.8 Å². The van der Waals surface area contributed by atoms with Crippen molar-refractivity contribution in [1.29, 1.82) is 0 Å². The van der Waals surface area contributed by atoms with Crippen molar-refractivity contribution >= 4 is 39.6 Å². The summed E-state index contributed by atoms with van der Waals surface area (Å²) in [5.74, 6) is 0.0450. The molecule has 7 heteroatoms. The van der Waals surface area contributed by atoms with Gasteiger partial charge in [0, 0.05) is 23.2 Å². The van der Waals surface area contributed by atoms with Gasteiger partial charge in [0.2, 0.25) is 11.8 Å². The van der Waals surface area contributed by atoms with Crippen LogP contribution in [0.5, 0.6) is 0 Å². The van der Waals surface area contributed by atoms with Crippen LogP contribution in [0.15, 0.2) is 47.2 Å². The lowest BCUT2D eigenvalue weighted by atomic mass is 10.0. The Morgan fingerprint density at radius 2 is 2.06 bits per heavy atom. The zero-order chi connectivity index (χ0) is 21.6. The Hall–Kier alpha value is -2.51. The number of carbonyl (C=O) groups excluding carboxylic acids is 2. The molecule has 0 bridgehead atoms. The maximum Gasteiger partial charge on any atom is 0.228 e. The molecule has 1 fully saturated rings. The van der Waals surface area contributed by atoms with E-state index in [-0.39, 0.29) is 24.3 Å². The highest BCUT2D eigenvalue weighted by Gasteiger charge is 2.25. The van der Waals surface area contributed by atoms with Crippen molar-refractivity contribution in [2.75, 3.05) is 11.4 Å². The molecule has 1 saturated heterocycles. The fourth-order valence-electron chi connectivity index (χ4n) is 3.76. The lowest BCUT2D eigenvalue weighted by Gasteiger charge is -2.18. The lowest BCUT2D eigenvalue weighted by molar-refractivity contribution is -0.121. The van der Waals surface area contributed by atoms with E-state index in [1.165, 1.54) is 29.7 Å². The third-order valence-corrected chi connectivity index (χ3v) is 7.30. The number of aromatic nitrogens is 1. The summed E-state index contributed by atoms with van der Waals surface area (Å²) < 4.78 is 0. The minimum absolute atomic E-state index is 0.0712. The minimum Gasteiger partial charge on any atom is -0.344 e. The quantitative estimate of drug-likeness (QED) is 0.489. The first-order valence-corrected chi connectivity index (χ1v) is 12.6. The molecule has 162 valence electrons. The number of rotatable bonds is 9. The summed E-state index contributed by atoms with van der Waals surface area (Å²) in [6.45, 7) is 2.91. The van der Waals surface area contributed by atoms with E-state index in [0.29, 0.717) is 23.8 Å². The van der Waals surface area contributed by atoms with Gasteiger partial charge in [-0.1, -0.05) is 43.7 Å². The van der Waals surface area contributed by atoms with Crippen molar-refractivity contribution in [1.82, 2.24) is 10.3 Å². The number of thiophene rings is 1. The molecule has 1 aromatic carbocycles.